The summed E-state index contributed by atoms with van der Waals surface area (Å²) in [7, 11) is 0. The minimum Gasteiger partial charge on any atom is -0.463 e. The second kappa shape index (κ2) is 3.86. The summed E-state index contributed by atoms with van der Waals surface area (Å²) in [6.07, 6.45) is 0.360. The number of nitrogens with zero attached hydrogens (tertiary/aromatic N) is 1. The first kappa shape index (κ1) is 10.5. The standard InChI is InChI=1S/C12H12N2O2/c1-2-16-11(15)12(8-13)7-9-5-3-4-6-10(9)14-12/h3-6,14H,2,7H2,1H3. The van der Waals surface area contributed by atoms with Gasteiger partial charge in [0.2, 0.25) is 5.54 Å². The molecule has 1 aliphatic heterocycles. The molecular formula is C12H12N2O2. The van der Waals surface area contributed by atoms with Gasteiger partial charge in [-0.2, -0.15) is 5.26 Å². The van der Waals surface area contributed by atoms with Gasteiger partial charge in [-0.1, -0.05) is 18.2 Å². The molecule has 1 aromatic rings. The molecule has 1 N–H and O–H groups in total. The Morgan fingerprint density at radius 3 is 3.00 bits per heavy atom. The Hall–Kier alpha value is -2.02. The molecule has 16 heavy (non-hydrogen) atoms. The summed E-state index contributed by atoms with van der Waals surface area (Å²) in [6, 6.07) is 9.54. The lowest BCUT2D eigenvalue weighted by atomic mass is 9.97. The van der Waals surface area contributed by atoms with Gasteiger partial charge in [-0.15, -0.1) is 0 Å². The second-order valence-electron chi connectivity index (χ2n) is 3.70. The lowest BCUT2D eigenvalue weighted by Crippen LogP contribution is -2.44. The highest BCUT2D eigenvalue weighted by atomic mass is 16.5. The van der Waals surface area contributed by atoms with Gasteiger partial charge in [0.15, 0.2) is 0 Å². The van der Waals surface area contributed by atoms with Crippen molar-refractivity contribution in [3.63, 3.8) is 0 Å². The summed E-state index contributed by atoms with van der Waals surface area (Å²) in [4.78, 5) is 11.8. The molecule has 4 nitrogen and oxygen atoms in total. The van der Waals surface area contributed by atoms with Crippen LogP contribution in [-0.2, 0) is 16.0 Å². The third-order valence-corrected chi connectivity index (χ3v) is 2.64. The second-order valence-corrected chi connectivity index (χ2v) is 3.70. The van der Waals surface area contributed by atoms with Gasteiger partial charge in [0.25, 0.3) is 0 Å². The number of nitrogens with one attached hydrogen (secondary N) is 1. The first-order chi connectivity index (χ1) is 7.72. The number of carbonyl (C=O) groups is 1. The van der Waals surface area contributed by atoms with Crippen molar-refractivity contribution in [3.05, 3.63) is 29.8 Å². The van der Waals surface area contributed by atoms with Crippen LogP contribution in [0.3, 0.4) is 0 Å². The number of fused-ring (bicyclic) bond motifs is 1. The molecule has 4 heteroatoms. The fraction of sp³-hybridized carbons (Fsp3) is 0.333. The Morgan fingerprint density at radius 1 is 1.62 bits per heavy atom. The Bertz CT molecular complexity index is 437. The van der Waals surface area contributed by atoms with Crippen LogP contribution in [0.4, 0.5) is 5.69 Å². The molecule has 1 unspecified atom stereocenters. The van der Waals surface area contributed by atoms with Crippen molar-refractivity contribution in [2.24, 2.45) is 0 Å². The molecule has 82 valence electrons. The number of hydrogen-bond acceptors (Lipinski definition) is 4. The molecule has 1 aromatic carbocycles. The molecule has 0 bridgehead atoms. The van der Waals surface area contributed by atoms with E-state index in [4.69, 9.17) is 4.74 Å². The van der Waals surface area contributed by atoms with Gasteiger partial charge in [0, 0.05) is 12.1 Å². The average molecular weight is 216 g/mol. The molecule has 0 fully saturated rings. The van der Waals surface area contributed by atoms with E-state index < -0.39 is 11.5 Å². The van der Waals surface area contributed by atoms with Crippen LogP contribution in [0.2, 0.25) is 0 Å². The van der Waals surface area contributed by atoms with Crippen molar-refractivity contribution in [2.75, 3.05) is 11.9 Å². The van der Waals surface area contributed by atoms with Crippen molar-refractivity contribution in [1.82, 2.24) is 0 Å². The molecule has 0 aliphatic carbocycles. The lowest BCUT2D eigenvalue weighted by molar-refractivity contribution is -0.146. The van der Waals surface area contributed by atoms with Crippen LogP contribution in [0.1, 0.15) is 12.5 Å². The molecular weight excluding hydrogens is 204 g/mol. The van der Waals surface area contributed by atoms with E-state index in [0.717, 1.165) is 11.3 Å². The predicted octanol–water partition coefficient (Wildman–Crippen LogP) is 1.48. The number of ether oxygens (including phenoxy) is 1. The number of hydrogen-bond donors (Lipinski definition) is 1. The number of esters is 1. The van der Waals surface area contributed by atoms with E-state index in [2.05, 4.69) is 5.32 Å². The highest BCUT2D eigenvalue weighted by molar-refractivity contribution is 5.91. The zero-order chi connectivity index (χ0) is 11.6. The van der Waals surface area contributed by atoms with E-state index >= 15 is 0 Å². The highest BCUT2D eigenvalue weighted by Gasteiger charge is 2.45. The van der Waals surface area contributed by atoms with E-state index in [0.29, 0.717) is 6.42 Å². The largest absolute Gasteiger partial charge is 0.463 e. The average Bonchev–Trinajstić information content (AvgIpc) is 2.69. The number of carbonyl (C=O) groups excluding carboxylic acids is 1. The summed E-state index contributed by atoms with van der Waals surface area (Å²) < 4.78 is 4.93. The Morgan fingerprint density at radius 2 is 2.38 bits per heavy atom. The van der Waals surface area contributed by atoms with Gasteiger partial charge < -0.3 is 10.1 Å². The zero-order valence-corrected chi connectivity index (χ0v) is 8.99. The van der Waals surface area contributed by atoms with E-state index in [9.17, 15) is 10.1 Å². The van der Waals surface area contributed by atoms with E-state index in [-0.39, 0.29) is 6.61 Å². The summed E-state index contributed by atoms with van der Waals surface area (Å²) in [6.45, 7) is 2.01. The number of rotatable bonds is 2. The van der Waals surface area contributed by atoms with E-state index in [1.54, 1.807) is 6.92 Å². The quantitative estimate of drug-likeness (QED) is 0.760. The molecule has 0 radical (unpaired) electrons. The van der Waals surface area contributed by atoms with Crippen LogP contribution in [0.15, 0.2) is 24.3 Å². The topological polar surface area (TPSA) is 62.1 Å². The maximum atomic E-state index is 11.8. The monoisotopic (exact) mass is 216 g/mol. The van der Waals surface area contributed by atoms with Gasteiger partial charge in [-0.05, 0) is 18.6 Å². The minimum atomic E-state index is -1.25. The van der Waals surface area contributed by atoms with Crippen molar-refractivity contribution in [1.29, 1.82) is 5.26 Å². The zero-order valence-electron chi connectivity index (χ0n) is 8.99. The molecule has 1 atom stereocenters. The number of nitriles is 1. The van der Waals surface area contributed by atoms with Gasteiger partial charge in [-0.25, -0.2) is 4.79 Å². The van der Waals surface area contributed by atoms with E-state index in [1.165, 1.54) is 0 Å². The maximum absolute atomic E-state index is 11.8. The molecule has 2 rings (SSSR count). The number of benzene rings is 1. The first-order valence-corrected chi connectivity index (χ1v) is 5.16. The fourth-order valence-electron chi connectivity index (χ4n) is 1.85. The summed E-state index contributed by atoms with van der Waals surface area (Å²) in [5.41, 5.74) is 0.550. The van der Waals surface area contributed by atoms with Crippen LogP contribution in [0.25, 0.3) is 0 Å². The van der Waals surface area contributed by atoms with E-state index in [1.807, 2.05) is 30.3 Å². The van der Waals surface area contributed by atoms with Crippen LogP contribution in [-0.4, -0.2) is 18.1 Å². The van der Waals surface area contributed by atoms with Crippen molar-refractivity contribution < 1.29 is 9.53 Å². The fourth-order valence-corrected chi connectivity index (χ4v) is 1.85. The predicted molar refractivity (Wildman–Crippen MR) is 58.7 cm³/mol. The maximum Gasteiger partial charge on any atom is 0.347 e. The smallest absolute Gasteiger partial charge is 0.347 e. The Kier molecular flexibility index (Phi) is 2.53. The summed E-state index contributed by atoms with van der Waals surface area (Å²) in [5, 5.41) is 12.1. The third-order valence-electron chi connectivity index (χ3n) is 2.64. The van der Waals surface area contributed by atoms with Crippen molar-refractivity contribution >= 4 is 11.7 Å². The molecule has 1 aliphatic rings. The van der Waals surface area contributed by atoms with Gasteiger partial charge >= 0.3 is 5.97 Å². The van der Waals surface area contributed by atoms with Crippen LogP contribution in [0, 0.1) is 11.3 Å². The van der Waals surface area contributed by atoms with Crippen molar-refractivity contribution in [3.8, 4) is 6.07 Å². The van der Waals surface area contributed by atoms with Gasteiger partial charge in [-0.3, -0.25) is 0 Å². The van der Waals surface area contributed by atoms with Crippen LogP contribution in [0.5, 0.6) is 0 Å². The van der Waals surface area contributed by atoms with Crippen molar-refractivity contribution in [2.45, 2.75) is 18.9 Å². The van der Waals surface area contributed by atoms with Gasteiger partial charge in [0.1, 0.15) is 6.07 Å². The number of anilines is 1. The molecule has 0 saturated carbocycles. The lowest BCUT2D eigenvalue weighted by Gasteiger charge is -2.19. The Balaban J connectivity index is 2.30. The summed E-state index contributed by atoms with van der Waals surface area (Å²) in [5.74, 6) is -0.506. The summed E-state index contributed by atoms with van der Waals surface area (Å²) >= 11 is 0. The Labute approximate surface area is 93.8 Å². The van der Waals surface area contributed by atoms with Crippen LogP contribution >= 0.6 is 0 Å². The normalized spacial score (nSPS) is 21.8. The molecule has 0 aromatic heterocycles. The van der Waals surface area contributed by atoms with Gasteiger partial charge in [0.05, 0.1) is 6.61 Å². The third kappa shape index (κ3) is 1.50. The highest BCUT2D eigenvalue weighted by Crippen LogP contribution is 2.32. The molecule has 1 heterocycles. The molecule has 0 spiro atoms. The SMILES string of the molecule is CCOC(=O)C1(C#N)Cc2ccccc2N1. The first-order valence-electron chi connectivity index (χ1n) is 5.16. The van der Waals surface area contributed by atoms with Crippen LogP contribution < -0.4 is 5.32 Å². The number of para-hydroxylation sites is 1. The molecule has 0 saturated heterocycles. The molecule has 0 amide bonds. The minimum absolute atomic E-state index is 0.278.